The van der Waals surface area contributed by atoms with Crippen LogP contribution in [0.1, 0.15) is 50.5 Å². The van der Waals surface area contributed by atoms with Crippen molar-refractivity contribution < 1.29 is 0 Å². The van der Waals surface area contributed by atoms with E-state index in [1.807, 2.05) is 0 Å². The van der Waals surface area contributed by atoms with Crippen molar-refractivity contribution >= 4 is 11.8 Å². The molecule has 106 valence electrons. The third kappa shape index (κ3) is 4.25. The zero-order valence-electron chi connectivity index (χ0n) is 12.1. The van der Waals surface area contributed by atoms with Gasteiger partial charge in [-0.15, -0.1) is 0 Å². The molecule has 19 heavy (non-hydrogen) atoms. The van der Waals surface area contributed by atoms with Crippen molar-refractivity contribution in [1.29, 1.82) is 0 Å². The van der Waals surface area contributed by atoms with Crippen LogP contribution < -0.4 is 5.73 Å². The summed E-state index contributed by atoms with van der Waals surface area (Å²) in [5.74, 6) is 2.80. The molecule has 1 aliphatic carbocycles. The SMILES string of the molecule is CCCCSC1CC(c2ccccc2)CCC1CN. The topological polar surface area (TPSA) is 26.0 Å². The first kappa shape index (κ1) is 14.9. The zero-order valence-corrected chi connectivity index (χ0v) is 12.9. The Hall–Kier alpha value is -0.470. The molecule has 2 N–H and O–H groups in total. The highest BCUT2D eigenvalue weighted by Gasteiger charge is 2.30. The van der Waals surface area contributed by atoms with Crippen molar-refractivity contribution in [3.05, 3.63) is 35.9 Å². The Morgan fingerprint density at radius 2 is 2.00 bits per heavy atom. The Morgan fingerprint density at radius 3 is 2.68 bits per heavy atom. The van der Waals surface area contributed by atoms with Gasteiger partial charge in [0.05, 0.1) is 0 Å². The first-order valence-corrected chi connectivity index (χ1v) is 8.76. The molecule has 1 aromatic carbocycles. The molecule has 0 amide bonds. The van der Waals surface area contributed by atoms with E-state index < -0.39 is 0 Å². The molecule has 1 aromatic rings. The number of thioether (sulfide) groups is 1. The van der Waals surface area contributed by atoms with Gasteiger partial charge in [0.25, 0.3) is 0 Å². The van der Waals surface area contributed by atoms with Gasteiger partial charge in [0.1, 0.15) is 0 Å². The summed E-state index contributed by atoms with van der Waals surface area (Å²) in [4.78, 5) is 0. The number of unbranched alkanes of at least 4 members (excludes halogenated alkanes) is 1. The highest BCUT2D eigenvalue weighted by atomic mass is 32.2. The molecule has 2 rings (SSSR count). The van der Waals surface area contributed by atoms with Gasteiger partial charge in [-0.2, -0.15) is 11.8 Å². The molecule has 1 nitrogen and oxygen atoms in total. The first-order chi connectivity index (χ1) is 9.35. The van der Waals surface area contributed by atoms with Crippen LogP contribution in [-0.4, -0.2) is 17.5 Å². The van der Waals surface area contributed by atoms with Crippen molar-refractivity contribution in [1.82, 2.24) is 0 Å². The lowest BCUT2D eigenvalue weighted by atomic mass is 9.78. The molecule has 0 aromatic heterocycles. The van der Waals surface area contributed by atoms with Crippen LogP contribution in [-0.2, 0) is 0 Å². The predicted octanol–water partition coefficient (Wildman–Crippen LogP) is 4.43. The fraction of sp³-hybridized carbons (Fsp3) is 0.647. The summed E-state index contributed by atoms with van der Waals surface area (Å²) in [5, 5.41) is 0.774. The third-order valence-electron chi connectivity index (χ3n) is 4.33. The molecular weight excluding hydrogens is 250 g/mol. The van der Waals surface area contributed by atoms with Gasteiger partial charge in [0.15, 0.2) is 0 Å². The van der Waals surface area contributed by atoms with E-state index in [-0.39, 0.29) is 0 Å². The van der Waals surface area contributed by atoms with E-state index in [1.54, 1.807) is 0 Å². The van der Waals surface area contributed by atoms with Gasteiger partial charge in [0, 0.05) is 5.25 Å². The molecule has 0 saturated heterocycles. The second-order valence-corrected chi connectivity index (χ2v) is 7.03. The van der Waals surface area contributed by atoms with Crippen molar-refractivity contribution in [3.63, 3.8) is 0 Å². The number of benzene rings is 1. The average Bonchev–Trinajstić information content (AvgIpc) is 2.48. The first-order valence-electron chi connectivity index (χ1n) is 7.71. The molecule has 0 bridgehead atoms. The zero-order chi connectivity index (χ0) is 13.5. The number of hydrogen-bond donors (Lipinski definition) is 1. The second-order valence-electron chi connectivity index (χ2n) is 5.68. The molecule has 1 aliphatic rings. The van der Waals surface area contributed by atoms with Crippen LogP contribution in [0.3, 0.4) is 0 Å². The van der Waals surface area contributed by atoms with E-state index >= 15 is 0 Å². The Labute approximate surface area is 122 Å². The molecule has 1 fully saturated rings. The monoisotopic (exact) mass is 277 g/mol. The quantitative estimate of drug-likeness (QED) is 0.778. The lowest BCUT2D eigenvalue weighted by Crippen LogP contribution is -2.32. The molecule has 3 atom stereocenters. The molecule has 0 radical (unpaired) electrons. The summed E-state index contributed by atoms with van der Waals surface area (Å²) < 4.78 is 0. The Bertz CT molecular complexity index is 352. The van der Waals surface area contributed by atoms with Crippen LogP contribution in [0, 0.1) is 5.92 Å². The summed E-state index contributed by atoms with van der Waals surface area (Å²) >= 11 is 2.17. The van der Waals surface area contributed by atoms with Crippen LogP contribution in [0.25, 0.3) is 0 Å². The molecule has 0 aliphatic heterocycles. The van der Waals surface area contributed by atoms with E-state index in [0.717, 1.165) is 23.6 Å². The lowest BCUT2D eigenvalue weighted by Gasteiger charge is -2.35. The number of nitrogens with two attached hydrogens (primary N) is 1. The minimum absolute atomic E-state index is 0.738. The van der Waals surface area contributed by atoms with Gasteiger partial charge in [0.2, 0.25) is 0 Å². The fourth-order valence-corrected chi connectivity index (χ4v) is 4.72. The highest BCUT2D eigenvalue weighted by Crippen LogP contribution is 2.41. The minimum Gasteiger partial charge on any atom is -0.330 e. The fourth-order valence-electron chi connectivity index (χ4n) is 3.07. The van der Waals surface area contributed by atoms with Gasteiger partial charge >= 0.3 is 0 Å². The van der Waals surface area contributed by atoms with Gasteiger partial charge < -0.3 is 5.73 Å². The standard InChI is InChI=1S/C17H27NS/c1-2-3-11-19-17-12-15(9-10-16(17)13-18)14-7-5-4-6-8-14/h4-8,15-17H,2-3,9-13,18H2,1H3. The van der Waals surface area contributed by atoms with Gasteiger partial charge in [-0.05, 0) is 55.4 Å². The largest absolute Gasteiger partial charge is 0.330 e. The van der Waals surface area contributed by atoms with Crippen LogP contribution in [0.15, 0.2) is 30.3 Å². The predicted molar refractivity (Wildman–Crippen MR) is 86.7 cm³/mol. The third-order valence-corrected chi connectivity index (χ3v) is 5.86. The summed E-state index contributed by atoms with van der Waals surface area (Å²) in [6, 6.07) is 11.0. The van der Waals surface area contributed by atoms with E-state index in [0.29, 0.717) is 0 Å². The van der Waals surface area contributed by atoms with Gasteiger partial charge in [-0.25, -0.2) is 0 Å². The van der Waals surface area contributed by atoms with Crippen molar-refractivity contribution in [2.75, 3.05) is 12.3 Å². The summed E-state index contributed by atoms with van der Waals surface area (Å²) in [6.45, 7) is 3.14. The van der Waals surface area contributed by atoms with E-state index in [9.17, 15) is 0 Å². The van der Waals surface area contributed by atoms with E-state index in [4.69, 9.17) is 5.73 Å². The molecule has 3 unspecified atom stereocenters. The summed E-state index contributed by atoms with van der Waals surface area (Å²) in [5.41, 5.74) is 7.50. The average molecular weight is 277 g/mol. The van der Waals surface area contributed by atoms with Crippen LogP contribution in [0.2, 0.25) is 0 Å². The highest BCUT2D eigenvalue weighted by molar-refractivity contribution is 7.99. The molecule has 1 saturated carbocycles. The Balaban J connectivity index is 1.95. The maximum Gasteiger partial charge on any atom is 0.00931 e. The maximum atomic E-state index is 5.97. The number of hydrogen-bond acceptors (Lipinski definition) is 2. The Kier molecular flexibility index (Phi) is 6.25. The van der Waals surface area contributed by atoms with Crippen LogP contribution in [0.5, 0.6) is 0 Å². The van der Waals surface area contributed by atoms with Crippen LogP contribution in [0.4, 0.5) is 0 Å². The van der Waals surface area contributed by atoms with Gasteiger partial charge in [-0.1, -0.05) is 43.7 Å². The van der Waals surface area contributed by atoms with Crippen molar-refractivity contribution in [2.45, 2.75) is 50.2 Å². The van der Waals surface area contributed by atoms with E-state index in [1.165, 1.54) is 43.4 Å². The van der Waals surface area contributed by atoms with Crippen molar-refractivity contribution in [2.24, 2.45) is 11.7 Å². The lowest BCUT2D eigenvalue weighted by molar-refractivity contribution is 0.344. The number of rotatable bonds is 6. The molecule has 0 spiro atoms. The summed E-state index contributed by atoms with van der Waals surface area (Å²) in [7, 11) is 0. The van der Waals surface area contributed by atoms with Gasteiger partial charge in [-0.3, -0.25) is 0 Å². The molecular formula is C17H27NS. The maximum absolute atomic E-state index is 5.97. The minimum atomic E-state index is 0.738. The van der Waals surface area contributed by atoms with Crippen molar-refractivity contribution in [3.8, 4) is 0 Å². The smallest absolute Gasteiger partial charge is 0.00931 e. The van der Waals surface area contributed by atoms with Crippen LogP contribution >= 0.6 is 11.8 Å². The normalized spacial score (nSPS) is 27.4. The molecule has 0 heterocycles. The second kappa shape index (κ2) is 7.96. The summed E-state index contributed by atoms with van der Waals surface area (Å²) in [6.07, 6.45) is 6.58. The van der Waals surface area contributed by atoms with E-state index in [2.05, 4.69) is 49.0 Å². The molecule has 2 heteroatoms. The Morgan fingerprint density at radius 1 is 1.21 bits per heavy atom.